The Bertz CT molecular complexity index is 859. The van der Waals surface area contributed by atoms with Crippen LogP contribution in [0.3, 0.4) is 0 Å². The number of piperidine rings is 1. The number of likely N-dealkylation sites (tertiary alicyclic amines) is 1. The molecule has 0 bridgehead atoms. The Morgan fingerprint density at radius 2 is 1.81 bits per heavy atom. The Morgan fingerprint density at radius 1 is 1.07 bits per heavy atom. The molecule has 142 valence electrons. The summed E-state index contributed by atoms with van der Waals surface area (Å²) in [6.45, 7) is 0.417. The van der Waals surface area contributed by atoms with Crippen molar-refractivity contribution in [2.24, 2.45) is 0 Å². The number of hydrogen-bond donors (Lipinski definition) is 1. The van der Waals surface area contributed by atoms with Crippen molar-refractivity contribution in [2.75, 3.05) is 11.9 Å². The molecule has 27 heavy (non-hydrogen) atoms. The van der Waals surface area contributed by atoms with E-state index in [2.05, 4.69) is 10.5 Å². The van der Waals surface area contributed by atoms with Crippen molar-refractivity contribution in [3.8, 4) is 0 Å². The number of anilines is 1. The molecule has 0 radical (unpaired) electrons. The smallest absolute Gasteiger partial charge is 0.276 e. The normalized spacial score (nSPS) is 19.8. The molecule has 2 amide bonds. The third-order valence-corrected chi connectivity index (χ3v) is 4.92. The van der Waals surface area contributed by atoms with E-state index in [0.29, 0.717) is 24.6 Å². The minimum absolute atomic E-state index is 0.0212. The molecule has 0 spiro atoms. The minimum Gasteiger partial charge on any atom is -0.360 e. The second-order valence-corrected chi connectivity index (χ2v) is 7.05. The van der Waals surface area contributed by atoms with Gasteiger partial charge in [-0.25, -0.2) is 8.78 Å². The monoisotopic (exact) mass is 375 g/mol. The maximum atomic E-state index is 13.3. The predicted octanol–water partition coefficient (Wildman–Crippen LogP) is 3.46. The van der Waals surface area contributed by atoms with Crippen LogP contribution < -0.4 is 5.32 Å². The fourth-order valence-corrected chi connectivity index (χ4v) is 3.40. The van der Waals surface area contributed by atoms with Gasteiger partial charge in [0.15, 0.2) is 5.69 Å². The highest BCUT2D eigenvalue weighted by Gasteiger charge is 2.35. The summed E-state index contributed by atoms with van der Waals surface area (Å²) in [5, 5.41) is 6.36. The van der Waals surface area contributed by atoms with Gasteiger partial charge >= 0.3 is 0 Å². The third-order valence-electron chi connectivity index (χ3n) is 4.92. The molecular weight excluding hydrogens is 356 g/mol. The molecule has 2 fully saturated rings. The van der Waals surface area contributed by atoms with Gasteiger partial charge in [0, 0.05) is 30.3 Å². The summed E-state index contributed by atoms with van der Waals surface area (Å²) < 4.78 is 31.9. The molecule has 1 saturated carbocycles. The lowest BCUT2D eigenvalue weighted by Crippen LogP contribution is -2.50. The fourth-order valence-electron chi connectivity index (χ4n) is 3.40. The molecule has 8 heteroatoms. The molecule has 4 rings (SSSR count). The number of halogens is 2. The van der Waals surface area contributed by atoms with Crippen molar-refractivity contribution in [1.29, 1.82) is 0 Å². The van der Waals surface area contributed by atoms with Crippen molar-refractivity contribution >= 4 is 17.5 Å². The van der Waals surface area contributed by atoms with Crippen molar-refractivity contribution in [2.45, 2.75) is 44.1 Å². The second kappa shape index (κ2) is 7.09. The number of carbonyl (C=O) groups is 2. The first-order valence-corrected chi connectivity index (χ1v) is 9.06. The fraction of sp³-hybridized carbons (Fsp3) is 0.421. The topological polar surface area (TPSA) is 75.4 Å². The molecule has 1 N–H and O–H groups in total. The van der Waals surface area contributed by atoms with Gasteiger partial charge in [0.2, 0.25) is 5.91 Å². The Morgan fingerprint density at radius 3 is 2.52 bits per heavy atom. The summed E-state index contributed by atoms with van der Waals surface area (Å²) in [5.41, 5.74) is 0.210. The van der Waals surface area contributed by atoms with Crippen molar-refractivity contribution in [1.82, 2.24) is 10.1 Å². The molecule has 1 aromatic carbocycles. The number of hydrogen-bond acceptors (Lipinski definition) is 4. The average Bonchev–Trinajstić information content (AvgIpc) is 3.37. The zero-order valence-corrected chi connectivity index (χ0v) is 14.6. The Hall–Kier alpha value is -2.77. The maximum Gasteiger partial charge on any atom is 0.276 e. The average molecular weight is 375 g/mol. The van der Waals surface area contributed by atoms with E-state index >= 15 is 0 Å². The zero-order chi connectivity index (χ0) is 19.0. The van der Waals surface area contributed by atoms with Gasteiger partial charge in [-0.2, -0.15) is 0 Å². The van der Waals surface area contributed by atoms with Crippen LogP contribution in [0, 0.1) is 11.6 Å². The molecule has 2 heterocycles. The van der Waals surface area contributed by atoms with Crippen LogP contribution >= 0.6 is 0 Å². The molecule has 2 aromatic rings. The SMILES string of the molecule is O=C(Nc1cc(F)cc(F)c1)[C@@H]1CCCCN1C(=O)c1cc(C2CC2)on1. The van der Waals surface area contributed by atoms with Crippen LogP contribution in [-0.2, 0) is 4.79 Å². The molecule has 0 unspecified atom stereocenters. The molecule has 1 aromatic heterocycles. The summed E-state index contributed by atoms with van der Waals surface area (Å²) >= 11 is 0. The summed E-state index contributed by atoms with van der Waals surface area (Å²) in [6.07, 6.45) is 4.09. The van der Waals surface area contributed by atoms with Gasteiger partial charge < -0.3 is 14.7 Å². The molecule has 1 aliphatic heterocycles. The number of nitrogens with one attached hydrogen (secondary N) is 1. The van der Waals surface area contributed by atoms with E-state index in [0.717, 1.165) is 43.9 Å². The molecule has 6 nitrogen and oxygen atoms in total. The first-order valence-electron chi connectivity index (χ1n) is 9.06. The number of amides is 2. The molecule has 1 atom stereocenters. The van der Waals surface area contributed by atoms with E-state index in [9.17, 15) is 18.4 Å². The first kappa shape index (κ1) is 17.6. The van der Waals surface area contributed by atoms with Crippen molar-refractivity contribution in [3.63, 3.8) is 0 Å². The third kappa shape index (κ3) is 3.84. The van der Waals surface area contributed by atoms with Gasteiger partial charge in [-0.3, -0.25) is 9.59 Å². The Kier molecular flexibility index (Phi) is 4.63. The van der Waals surface area contributed by atoms with Crippen LogP contribution in [0.2, 0.25) is 0 Å². The summed E-state index contributed by atoms with van der Waals surface area (Å²) in [5.74, 6) is -1.36. The van der Waals surface area contributed by atoms with Crippen LogP contribution in [0.1, 0.15) is 54.3 Å². The van der Waals surface area contributed by atoms with Crippen molar-refractivity contribution in [3.05, 3.63) is 47.4 Å². The number of nitrogens with zero attached hydrogens (tertiary/aromatic N) is 2. The maximum absolute atomic E-state index is 13.3. The van der Waals surface area contributed by atoms with Gasteiger partial charge in [0.1, 0.15) is 23.4 Å². The number of benzene rings is 1. The van der Waals surface area contributed by atoms with Crippen LogP contribution in [-0.4, -0.2) is 34.5 Å². The molecular formula is C19H19F2N3O3. The molecule has 1 saturated heterocycles. The van der Waals surface area contributed by atoms with Gasteiger partial charge in [-0.15, -0.1) is 0 Å². The quantitative estimate of drug-likeness (QED) is 0.888. The van der Waals surface area contributed by atoms with E-state index in [1.54, 1.807) is 6.07 Å². The second-order valence-electron chi connectivity index (χ2n) is 7.05. The Labute approximate surface area is 154 Å². The molecule has 2 aliphatic rings. The van der Waals surface area contributed by atoms with E-state index in [4.69, 9.17) is 4.52 Å². The van der Waals surface area contributed by atoms with Gasteiger partial charge in [-0.1, -0.05) is 5.16 Å². The largest absolute Gasteiger partial charge is 0.360 e. The minimum atomic E-state index is -0.780. The predicted molar refractivity (Wildman–Crippen MR) is 92.1 cm³/mol. The number of rotatable bonds is 4. The van der Waals surface area contributed by atoms with Crippen LogP contribution in [0.25, 0.3) is 0 Å². The highest BCUT2D eigenvalue weighted by Crippen LogP contribution is 2.40. The van der Waals surface area contributed by atoms with Crippen LogP contribution in [0.5, 0.6) is 0 Å². The van der Waals surface area contributed by atoms with Gasteiger partial charge in [0.25, 0.3) is 5.91 Å². The van der Waals surface area contributed by atoms with E-state index in [-0.39, 0.29) is 17.3 Å². The standard InChI is InChI=1S/C19H19F2N3O3/c20-12-7-13(21)9-14(8-12)22-18(25)16-3-1-2-6-24(16)19(26)15-10-17(27-23-15)11-4-5-11/h7-11,16H,1-6H2,(H,22,25)/t16-/m0/s1. The van der Waals surface area contributed by atoms with Crippen molar-refractivity contribution < 1.29 is 22.9 Å². The van der Waals surface area contributed by atoms with Gasteiger partial charge in [-0.05, 0) is 44.2 Å². The summed E-state index contributed by atoms with van der Waals surface area (Å²) in [6, 6.07) is 3.73. The summed E-state index contributed by atoms with van der Waals surface area (Å²) in [7, 11) is 0. The van der Waals surface area contributed by atoms with Gasteiger partial charge in [0.05, 0.1) is 0 Å². The number of aromatic nitrogens is 1. The lowest BCUT2D eigenvalue weighted by atomic mass is 10.0. The Balaban J connectivity index is 1.50. The van der Waals surface area contributed by atoms with E-state index in [1.165, 1.54) is 4.90 Å². The van der Waals surface area contributed by atoms with Crippen LogP contribution in [0.4, 0.5) is 14.5 Å². The number of carbonyl (C=O) groups excluding carboxylic acids is 2. The highest BCUT2D eigenvalue weighted by atomic mass is 19.1. The van der Waals surface area contributed by atoms with E-state index < -0.39 is 23.6 Å². The first-order chi connectivity index (χ1) is 13.0. The lowest BCUT2D eigenvalue weighted by Gasteiger charge is -2.34. The van der Waals surface area contributed by atoms with E-state index in [1.807, 2.05) is 0 Å². The molecule has 1 aliphatic carbocycles. The highest BCUT2D eigenvalue weighted by molar-refractivity contribution is 6.00. The summed E-state index contributed by atoms with van der Waals surface area (Å²) in [4.78, 5) is 27.0. The lowest BCUT2D eigenvalue weighted by molar-refractivity contribution is -0.121. The zero-order valence-electron chi connectivity index (χ0n) is 14.6. The van der Waals surface area contributed by atoms with Crippen LogP contribution in [0.15, 0.2) is 28.8 Å².